The first-order valence-corrected chi connectivity index (χ1v) is 26.4. The first-order valence-electron chi connectivity index (χ1n) is 26.4. The highest BCUT2D eigenvalue weighted by atomic mass is 16.5. The Morgan fingerprint density at radius 1 is 0.406 bits per heavy atom. The minimum atomic E-state index is -0.676. The second kappa shape index (κ2) is 46.2. The summed E-state index contributed by atoms with van der Waals surface area (Å²) in [5.74, 6) is 0.519. The maximum absolute atomic E-state index is 10.5. The minimum absolute atomic E-state index is 0.310. The third kappa shape index (κ3) is 43.9. The Labute approximate surface area is 393 Å². The lowest BCUT2D eigenvalue weighted by Gasteiger charge is -2.15. The topological polar surface area (TPSA) is 96.3 Å². The fourth-order valence-electron chi connectivity index (χ4n) is 7.99. The van der Waals surface area contributed by atoms with Gasteiger partial charge in [0.2, 0.25) is 0 Å². The number of carbonyl (C=O) groups is 2. The van der Waals surface area contributed by atoms with Crippen molar-refractivity contribution in [2.24, 2.45) is 0 Å². The third-order valence-electron chi connectivity index (χ3n) is 11.7. The van der Waals surface area contributed by atoms with Crippen LogP contribution in [-0.2, 0) is 16.1 Å². The van der Waals surface area contributed by atoms with Crippen molar-refractivity contribution in [1.82, 2.24) is 4.90 Å². The molecule has 1 rings (SSSR count). The van der Waals surface area contributed by atoms with Gasteiger partial charge in [-0.05, 0) is 122 Å². The standard InChI is InChI=1S/C57H97NO6/c1-58(2)52-53-49-54(63-47-43-39-35-31-27-23-19-15-11-7-3-5-9-13-17-21-25-29-33-37-41-45-56(59)60)51-55(50-53)64-48-44-40-36-32-28-24-20-16-12-8-4-6-10-14-18-22-26-30-34-38-42-46-57(61)62/h3-6,13-14,17-18,49-51H,7-12,15-16,19-48,52H2,1-2H3,(H,59,60)(H,61,62)/b5-3-,6-4-,17-13-,18-14-. The van der Waals surface area contributed by atoms with Crippen LogP contribution >= 0.6 is 0 Å². The molecule has 7 nitrogen and oxygen atoms in total. The fourth-order valence-corrected chi connectivity index (χ4v) is 7.99. The number of allylic oxidation sites excluding steroid dienone is 8. The van der Waals surface area contributed by atoms with Crippen LogP contribution in [0.1, 0.15) is 237 Å². The van der Waals surface area contributed by atoms with Gasteiger partial charge in [0.05, 0.1) is 13.2 Å². The van der Waals surface area contributed by atoms with Crippen molar-refractivity contribution in [3.63, 3.8) is 0 Å². The molecule has 0 spiro atoms. The number of carboxylic acids is 2. The van der Waals surface area contributed by atoms with Gasteiger partial charge >= 0.3 is 11.9 Å². The van der Waals surface area contributed by atoms with Crippen molar-refractivity contribution in [2.75, 3.05) is 27.3 Å². The molecule has 1 aromatic rings. The van der Waals surface area contributed by atoms with Gasteiger partial charge in [-0.25, -0.2) is 0 Å². The van der Waals surface area contributed by atoms with E-state index in [0.29, 0.717) is 12.8 Å². The molecule has 0 saturated heterocycles. The molecule has 0 aromatic heterocycles. The summed E-state index contributed by atoms with van der Waals surface area (Å²) in [5.41, 5.74) is 1.24. The number of unbranched alkanes of at least 4 members (excludes halogenated alkanes) is 28. The van der Waals surface area contributed by atoms with Crippen molar-refractivity contribution in [1.29, 1.82) is 0 Å². The van der Waals surface area contributed by atoms with E-state index < -0.39 is 11.9 Å². The van der Waals surface area contributed by atoms with Gasteiger partial charge in [0.15, 0.2) is 0 Å². The van der Waals surface area contributed by atoms with E-state index in [-0.39, 0.29) is 0 Å². The molecule has 2 N–H and O–H groups in total. The van der Waals surface area contributed by atoms with E-state index in [2.05, 4.69) is 85.8 Å². The molecule has 1 aromatic carbocycles. The highest BCUT2D eigenvalue weighted by molar-refractivity contribution is 5.66. The van der Waals surface area contributed by atoms with Crippen LogP contribution in [0.15, 0.2) is 66.8 Å². The predicted molar refractivity (Wildman–Crippen MR) is 273 cm³/mol. The summed E-state index contributed by atoms with van der Waals surface area (Å²) < 4.78 is 12.5. The van der Waals surface area contributed by atoms with Crippen molar-refractivity contribution >= 4 is 11.9 Å². The number of hydrogen-bond acceptors (Lipinski definition) is 5. The van der Waals surface area contributed by atoms with Crippen LogP contribution in [-0.4, -0.2) is 54.4 Å². The zero-order valence-corrected chi connectivity index (χ0v) is 41.4. The summed E-state index contributed by atoms with van der Waals surface area (Å²) in [5, 5.41) is 17.4. The summed E-state index contributed by atoms with van der Waals surface area (Å²) in [6.45, 7) is 2.41. The van der Waals surface area contributed by atoms with Gasteiger partial charge in [0.1, 0.15) is 11.5 Å². The molecule has 0 saturated carbocycles. The van der Waals surface area contributed by atoms with Crippen LogP contribution in [0.2, 0.25) is 0 Å². The number of aliphatic carboxylic acids is 2. The van der Waals surface area contributed by atoms with Crippen molar-refractivity contribution < 1.29 is 29.3 Å². The smallest absolute Gasteiger partial charge is 0.303 e. The SMILES string of the molecule is CN(C)Cc1cc(OCCCCCCCCCCC/C=C\C/C=C\CCCCCCCC(=O)O)cc(OCCCCCCCCCCC/C=C\C/C=C\CCCCCCCC(=O)O)c1. The normalized spacial score (nSPS) is 12.0. The lowest BCUT2D eigenvalue weighted by atomic mass is 10.1. The first kappa shape index (κ1) is 58.7. The maximum atomic E-state index is 10.5. The molecule has 0 aliphatic heterocycles. The molecule has 0 aliphatic carbocycles. The van der Waals surface area contributed by atoms with Gasteiger partial charge in [-0.2, -0.15) is 0 Å². The molecule has 366 valence electrons. The van der Waals surface area contributed by atoms with Crippen LogP contribution in [0.4, 0.5) is 0 Å². The summed E-state index contributed by atoms with van der Waals surface area (Å²) >= 11 is 0. The lowest BCUT2D eigenvalue weighted by molar-refractivity contribution is -0.138. The number of rotatable bonds is 48. The molecular weight excluding hydrogens is 795 g/mol. The molecule has 64 heavy (non-hydrogen) atoms. The molecule has 0 heterocycles. The van der Waals surface area contributed by atoms with E-state index in [1.807, 2.05) is 0 Å². The zero-order chi connectivity index (χ0) is 46.2. The van der Waals surface area contributed by atoms with E-state index in [0.717, 1.165) is 108 Å². The Kier molecular flexibility index (Phi) is 42.4. The highest BCUT2D eigenvalue weighted by Gasteiger charge is 2.06. The first-order chi connectivity index (χ1) is 31.4. The molecule has 7 heteroatoms. The van der Waals surface area contributed by atoms with Gasteiger partial charge in [-0.1, -0.05) is 177 Å². The molecule has 0 amide bonds. The molecule has 0 aliphatic rings. The number of carboxylic acid groups (broad SMARTS) is 2. The number of nitrogens with zero attached hydrogens (tertiary/aromatic N) is 1. The highest BCUT2D eigenvalue weighted by Crippen LogP contribution is 2.25. The lowest BCUT2D eigenvalue weighted by Crippen LogP contribution is -2.11. The fraction of sp³-hybridized carbons (Fsp3) is 0.719. The average molecular weight is 892 g/mol. The maximum Gasteiger partial charge on any atom is 0.303 e. The zero-order valence-electron chi connectivity index (χ0n) is 41.4. The van der Waals surface area contributed by atoms with Crippen LogP contribution < -0.4 is 9.47 Å². The number of benzene rings is 1. The molecule has 0 bridgehead atoms. The number of hydrogen-bond donors (Lipinski definition) is 2. The third-order valence-corrected chi connectivity index (χ3v) is 11.7. The Morgan fingerprint density at radius 3 is 0.984 bits per heavy atom. The predicted octanol–water partition coefficient (Wildman–Crippen LogP) is 16.9. The summed E-state index contributed by atoms with van der Waals surface area (Å²) in [6.07, 6.45) is 59.9. The quantitative estimate of drug-likeness (QED) is 0.0497. The van der Waals surface area contributed by atoms with Crippen molar-refractivity contribution in [3.05, 3.63) is 72.4 Å². The second-order valence-corrected chi connectivity index (χ2v) is 18.4. The minimum Gasteiger partial charge on any atom is -0.493 e. The average Bonchev–Trinajstić information content (AvgIpc) is 3.26. The van der Waals surface area contributed by atoms with E-state index in [9.17, 15) is 9.59 Å². The molecule has 0 atom stereocenters. The van der Waals surface area contributed by atoms with Crippen LogP contribution in [0, 0.1) is 0 Å². The Bertz CT molecular complexity index is 1240. The summed E-state index contributed by atoms with van der Waals surface area (Å²) in [6, 6.07) is 6.44. The monoisotopic (exact) mass is 892 g/mol. The molecular formula is C57H97NO6. The Balaban J connectivity index is 1.99. The van der Waals surface area contributed by atoms with Gasteiger partial charge in [0, 0.05) is 25.5 Å². The summed E-state index contributed by atoms with van der Waals surface area (Å²) in [7, 11) is 4.22. The molecule has 0 unspecified atom stereocenters. The molecule has 0 radical (unpaired) electrons. The molecule has 0 fully saturated rings. The van der Waals surface area contributed by atoms with Crippen LogP contribution in [0.25, 0.3) is 0 Å². The van der Waals surface area contributed by atoms with Gasteiger partial charge in [-0.3, -0.25) is 9.59 Å². The summed E-state index contributed by atoms with van der Waals surface area (Å²) in [4.78, 5) is 23.3. The van der Waals surface area contributed by atoms with Gasteiger partial charge in [0.25, 0.3) is 0 Å². The van der Waals surface area contributed by atoms with E-state index in [1.165, 1.54) is 147 Å². The number of ether oxygens (including phenoxy) is 2. The Hall–Kier alpha value is -3.32. The second-order valence-electron chi connectivity index (χ2n) is 18.4. The van der Waals surface area contributed by atoms with Crippen molar-refractivity contribution in [3.8, 4) is 11.5 Å². The van der Waals surface area contributed by atoms with E-state index in [1.54, 1.807) is 0 Å². The largest absolute Gasteiger partial charge is 0.493 e. The van der Waals surface area contributed by atoms with Crippen LogP contribution in [0.3, 0.4) is 0 Å². The van der Waals surface area contributed by atoms with Crippen molar-refractivity contribution in [2.45, 2.75) is 238 Å². The van der Waals surface area contributed by atoms with E-state index in [4.69, 9.17) is 19.7 Å². The van der Waals surface area contributed by atoms with Crippen LogP contribution in [0.5, 0.6) is 11.5 Å². The Morgan fingerprint density at radius 2 is 0.688 bits per heavy atom. The van der Waals surface area contributed by atoms with Gasteiger partial charge < -0.3 is 24.6 Å². The van der Waals surface area contributed by atoms with E-state index >= 15 is 0 Å². The van der Waals surface area contributed by atoms with Gasteiger partial charge in [-0.15, -0.1) is 0 Å².